The third kappa shape index (κ3) is 6.39. The Labute approximate surface area is 172 Å². The molecule has 0 atom stereocenters. The summed E-state index contributed by atoms with van der Waals surface area (Å²) in [5.41, 5.74) is 4.41. The van der Waals surface area contributed by atoms with Gasteiger partial charge in [-0.2, -0.15) is 0 Å². The van der Waals surface area contributed by atoms with Gasteiger partial charge in [0.1, 0.15) is 6.61 Å². The van der Waals surface area contributed by atoms with Crippen LogP contribution in [0.4, 0.5) is 0 Å². The molecule has 0 aliphatic carbocycles. The summed E-state index contributed by atoms with van der Waals surface area (Å²) in [7, 11) is 1.64. The Morgan fingerprint density at radius 2 is 1.59 bits per heavy atom. The van der Waals surface area contributed by atoms with E-state index in [0.29, 0.717) is 31.1 Å². The Kier molecular flexibility index (Phi) is 7.28. The maximum Gasteiger partial charge on any atom is 0.224 e. The van der Waals surface area contributed by atoms with E-state index in [-0.39, 0.29) is 5.91 Å². The molecule has 0 saturated carbocycles. The van der Waals surface area contributed by atoms with Crippen LogP contribution in [-0.4, -0.2) is 19.6 Å². The van der Waals surface area contributed by atoms with Crippen molar-refractivity contribution in [1.82, 2.24) is 5.32 Å². The van der Waals surface area contributed by atoms with Gasteiger partial charge in [0, 0.05) is 6.54 Å². The van der Waals surface area contributed by atoms with E-state index >= 15 is 0 Å². The van der Waals surface area contributed by atoms with Gasteiger partial charge in [0.15, 0.2) is 11.5 Å². The maximum absolute atomic E-state index is 12.1. The monoisotopic (exact) mass is 389 g/mol. The van der Waals surface area contributed by atoms with Crippen molar-refractivity contribution >= 4 is 5.91 Å². The molecule has 1 amide bonds. The van der Waals surface area contributed by atoms with Crippen LogP contribution in [0.1, 0.15) is 22.3 Å². The first-order valence-electron chi connectivity index (χ1n) is 9.80. The molecule has 0 aliphatic rings. The van der Waals surface area contributed by atoms with E-state index in [0.717, 1.165) is 23.1 Å². The Bertz CT molecular complexity index is 921. The molecular weight excluding hydrogens is 362 g/mol. The van der Waals surface area contributed by atoms with Gasteiger partial charge in [-0.25, -0.2) is 0 Å². The fourth-order valence-corrected chi connectivity index (χ4v) is 3.02. The van der Waals surface area contributed by atoms with Crippen LogP contribution in [0.25, 0.3) is 0 Å². The number of hydrogen-bond acceptors (Lipinski definition) is 3. The lowest BCUT2D eigenvalue weighted by Gasteiger charge is -2.13. The van der Waals surface area contributed by atoms with Gasteiger partial charge in [-0.05, 0) is 42.2 Å². The number of nitrogens with one attached hydrogen (secondary N) is 1. The molecule has 4 nitrogen and oxygen atoms in total. The van der Waals surface area contributed by atoms with Crippen LogP contribution < -0.4 is 14.8 Å². The number of carbonyl (C=O) groups is 1. The summed E-state index contributed by atoms with van der Waals surface area (Å²) < 4.78 is 11.4. The predicted octanol–water partition coefficient (Wildman–Crippen LogP) is 4.48. The van der Waals surface area contributed by atoms with Crippen LogP contribution in [0.2, 0.25) is 0 Å². The Balaban J connectivity index is 1.49. The van der Waals surface area contributed by atoms with Crippen LogP contribution in [0, 0.1) is 6.92 Å². The summed E-state index contributed by atoms with van der Waals surface area (Å²) in [6, 6.07) is 24.0. The smallest absolute Gasteiger partial charge is 0.224 e. The first-order valence-corrected chi connectivity index (χ1v) is 9.80. The number of rotatable bonds is 9. The number of benzene rings is 3. The molecule has 3 aromatic carbocycles. The number of methoxy groups -OCH3 is 1. The standard InChI is InChI=1S/C25H27NO3/c1-19-8-10-20(11-9-19)17-25(27)26-15-14-21-12-13-23(24(16-21)28-2)29-18-22-6-4-3-5-7-22/h3-13,16H,14-15,17-18H2,1-2H3,(H,26,27). The van der Waals surface area contributed by atoms with E-state index in [1.54, 1.807) is 7.11 Å². The highest BCUT2D eigenvalue weighted by molar-refractivity contribution is 5.78. The van der Waals surface area contributed by atoms with Gasteiger partial charge in [0.05, 0.1) is 13.5 Å². The van der Waals surface area contributed by atoms with Gasteiger partial charge in [0.25, 0.3) is 0 Å². The lowest BCUT2D eigenvalue weighted by molar-refractivity contribution is -0.120. The molecule has 3 aromatic rings. The second kappa shape index (κ2) is 10.3. The summed E-state index contributed by atoms with van der Waals surface area (Å²) in [5.74, 6) is 1.44. The van der Waals surface area contributed by atoms with Crippen molar-refractivity contribution in [3.63, 3.8) is 0 Å². The van der Waals surface area contributed by atoms with Crippen molar-refractivity contribution in [2.75, 3.05) is 13.7 Å². The number of carbonyl (C=O) groups excluding carboxylic acids is 1. The molecule has 29 heavy (non-hydrogen) atoms. The van der Waals surface area contributed by atoms with E-state index in [1.165, 1.54) is 5.56 Å². The SMILES string of the molecule is COc1cc(CCNC(=O)Cc2ccc(C)cc2)ccc1OCc1ccccc1. The quantitative estimate of drug-likeness (QED) is 0.587. The Morgan fingerprint density at radius 3 is 2.31 bits per heavy atom. The van der Waals surface area contributed by atoms with Crippen LogP contribution in [0.5, 0.6) is 11.5 Å². The summed E-state index contributed by atoms with van der Waals surface area (Å²) >= 11 is 0. The zero-order valence-electron chi connectivity index (χ0n) is 17.0. The summed E-state index contributed by atoms with van der Waals surface area (Å²) in [5, 5.41) is 2.98. The lowest BCUT2D eigenvalue weighted by Crippen LogP contribution is -2.27. The van der Waals surface area contributed by atoms with Crippen molar-refractivity contribution < 1.29 is 14.3 Å². The molecule has 0 fully saturated rings. The number of hydrogen-bond donors (Lipinski definition) is 1. The minimum absolute atomic E-state index is 0.0311. The fraction of sp³-hybridized carbons (Fsp3) is 0.240. The van der Waals surface area contributed by atoms with Crippen LogP contribution >= 0.6 is 0 Å². The molecule has 0 aromatic heterocycles. The van der Waals surface area contributed by atoms with Gasteiger partial charge in [-0.15, -0.1) is 0 Å². The molecule has 3 rings (SSSR count). The molecule has 0 unspecified atom stereocenters. The summed E-state index contributed by atoms with van der Waals surface area (Å²) in [6.45, 7) is 3.11. The van der Waals surface area contributed by atoms with Gasteiger partial charge in [-0.3, -0.25) is 4.79 Å². The zero-order chi connectivity index (χ0) is 20.5. The van der Waals surface area contributed by atoms with Crippen molar-refractivity contribution in [3.05, 3.63) is 95.1 Å². The number of aryl methyl sites for hydroxylation is 1. The third-order valence-corrected chi connectivity index (χ3v) is 4.69. The second-order valence-electron chi connectivity index (χ2n) is 7.02. The van der Waals surface area contributed by atoms with E-state index in [9.17, 15) is 4.79 Å². The normalized spacial score (nSPS) is 10.4. The highest BCUT2D eigenvalue weighted by Gasteiger charge is 2.08. The van der Waals surface area contributed by atoms with Gasteiger partial charge in [-0.1, -0.05) is 66.2 Å². The molecule has 0 heterocycles. The second-order valence-corrected chi connectivity index (χ2v) is 7.02. The molecule has 0 radical (unpaired) electrons. The zero-order valence-corrected chi connectivity index (χ0v) is 17.0. The molecule has 1 N–H and O–H groups in total. The van der Waals surface area contributed by atoms with Crippen molar-refractivity contribution in [2.45, 2.75) is 26.4 Å². The molecule has 0 spiro atoms. The minimum Gasteiger partial charge on any atom is -0.493 e. The van der Waals surface area contributed by atoms with E-state index in [4.69, 9.17) is 9.47 Å². The molecular formula is C25H27NO3. The van der Waals surface area contributed by atoms with Gasteiger partial charge in [0.2, 0.25) is 5.91 Å². The van der Waals surface area contributed by atoms with Crippen molar-refractivity contribution in [2.24, 2.45) is 0 Å². The average molecular weight is 389 g/mol. The maximum atomic E-state index is 12.1. The predicted molar refractivity (Wildman–Crippen MR) is 115 cm³/mol. The number of ether oxygens (including phenoxy) is 2. The van der Waals surface area contributed by atoms with Crippen molar-refractivity contribution in [1.29, 1.82) is 0 Å². The van der Waals surface area contributed by atoms with Crippen LogP contribution in [0.15, 0.2) is 72.8 Å². The Hall–Kier alpha value is -3.27. The summed E-state index contributed by atoms with van der Waals surface area (Å²) in [4.78, 5) is 12.1. The van der Waals surface area contributed by atoms with Crippen molar-refractivity contribution in [3.8, 4) is 11.5 Å². The third-order valence-electron chi connectivity index (χ3n) is 4.69. The topological polar surface area (TPSA) is 47.6 Å². The molecule has 0 aliphatic heterocycles. The molecule has 150 valence electrons. The molecule has 0 saturated heterocycles. The van der Waals surface area contributed by atoms with Gasteiger partial charge >= 0.3 is 0 Å². The first-order chi connectivity index (χ1) is 14.1. The highest BCUT2D eigenvalue weighted by atomic mass is 16.5. The van der Waals surface area contributed by atoms with Crippen LogP contribution in [-0.2, 0) is 24.2 Å². The lowest BCUT2D eigenvalue weighted by atomic mass is 10.1. The first kappa shape index (κ1) is 20.5. The van der Waals surface area contributed by atoms with Crippen LogP contribution in [0.3, 0.4) is 0 Å². The highest BCUT2D eigenvalue weighted by Crippen LogP contribution is 2.29. The van der Waals surface area contributed by atoms with E-state index in [1.807, 2.05) is 79.7 Å². The van der Waals surface area contributed by atoms with Gasteiger partial charge < -0.3 is 14.8 Å². The fourth-order valence-electron chi connectivity index (χ4n) is 3.02. The Morgan fingerprint density at radius 1 is 0.862 bits per heavy atom. The summed E-state index contributed by atoms with van der Waals surface area (Å²) in [6.07, 6.45) is 1.13. The largest absolute Gasteiger partial charge is 0.493 e. The average Bonchev–Trinajstić information content (AvgIpc) is 2.75. The number of amides is 1. The van der Waals surface area contributed by atoms with E-state index in [2.05, 4.69) is 5.32 Å². The molecule has 0 bridgehead atoms. The molecule has 4 heteroatoms. The minimum atomic E-state index is 0.0311. The van der Waals surface area contributed by atoms with E-state index < -0.39 is 0 Å².